The summed E-state index contributed by atoms with van der Waals surface area (Å²) in [5, 5.41) is 13.4. The molecule has 0 bridgehead atoms. The van der Waals surface area contributed by atoms with Gasteiger partial charge in [-0.15, -0.1) is 5.10 Å². The smallest absolute Gasteiger partial charge is 0.255 e. The molecule has 0 fully saturated rings. The van der Waals surface area contributed by atoms with Crippen molar-refractivity contribution < 1.29 is 13.9 Å². The SMILES string of the molecule is O=C(Nc1cc(-n2cnnn2)ccc1F)c1ccnc(OCc2ccccc2)c1. The zero-order valence-corrected chi connectivity index (χ0v) is 15.1. The van der Waals surface area contributed by atoms with Crippen LogP contribution in [0.3, 0.4) is 0 Å². The van der Waals surface area contributed by atoms with E-state index in [1.54, 1.807) is 0 Å². The van der Waals surface area contributed by atoms with Crippen LogP contribution in [-0.4, -0.2) is 31.1 Å². The number of hydrogen-bond acceptors (Lipinski definition) is 6. The lowest BCUT2D eigenvalue weighted by Gasteiger charge is -2.10. The van der Waals surface area contributed by atoms with E-state index in [0.717, 1.165) is 5.56 Å². The van der Waals surface area contributed by atoms with Crippen molar-refractivity contribution in [1.29, 1.82) is 0 Å². The molecule has 4 aromatic rings. The lowest BCUT2D eigenvalue weighted by molar-refractivity contribution is 0.102. The van der Waals surface area contributed by atoms with Crippen molar-refractivity contribution in [2.24, 2.45) is 0 Å². The van der Waals surface area contributed by atoms with E-state index in [9.17, 15) is 9.18 Å². The number of amides is 1. The van der Waals surface area contributed by atoms with Gasteiger partial charge >= 0.3 is 0 Å². The van der Waals surface area contributed by atoms with Gasteiger partial charge in [-0.1, -0.05) is 30.3 Å². The second-order valence-electron chi connectivity index (χ2n) is 6.03. The highest BCUT2D eigenvalue weighted by atomic mass is 19.1. The predicted octanol–water partition coefficient (Wildman–Crippen LogP) is 3.03. The summed E-state index contributed by atoms with van der Waals surface area (Å²) in [7, 11) is 0. The maximum atomic E-state index is 14.2. The van der Waals surface area contributed by atoms with Crippen molar-refractivity contribution in [2.45, 2.75) is 6.61 Å². The molecule has 0 radical (unpaired) electrons. The number of hydrogen-bond donors (Lipinski definition) is 1. The average Bonchev–Trinajstić information content (AvgIpc) is 3.30. The summed E-state index contributed by atoms with van der Waals surface area (Å²) in [5.41, 5.74) is 1.78. The molecule has 0 saturated heterocycles. The molecule has 0 aliphatic rings. The summed E-state index contributed by atoms with van der Waals surface area (Å²) in [6, 6.07) is 16.8. The first-order valence-electron chi connectivity index (χ1n) is 8.66. The Morgan fingerprint density at radius 1 is 1.10 bits per heavy atom. The monoisotopic (exact) mass is 390 g/mol. The highest BCUT2D eigenvalue weighted by molar-refractivity contribution is 6.04. The Labute approximate surface area is 165 Å². The first-order chi connectivity index (χ1) is 14.2. The summed E-state index contributed by atoms with van der Waals surface area (Å²) >= 11 is 0. The summed E-state index contributed by atoms with van der Waals surface area (Å²) in [4.78, 5) is 16.7. The van der Waals surface area contributed by atoms with Gasteiger partial charge in [0.15, 0.2) is 0 Å². The molecule has 0 atom stereocenters. The van der Waals surface area contributed by atoms with Crippen molar-refractivity contribution in [3.05, 3.63) is 90.1 Å². The minimum Gasteiger partial charge on any atom is -0.473 e. The van der Waals surface area contributed by atoms with Crippen molar-refractivity contribution in [3.8, 4) is 11.6 Å². The molecule has 0 saturated carbocycles. The van der Waals surface area contributed by atoms with Crippen molar-refractivity contribution in [2.75, 3.05) is 5.32 Å². The van der Waals surface area contributed by atoms with Crippen LogP contribution in [0, 0.1) is 5.82 Å². The minimum atomic E-state index is -0.579. The molecule has 0 aliphatic heterocycles. The second kappa shape index (κ2) is 8.26. The zero-order valence-electron chi connectivity index (χ0n) is 15.1. The van der Waals surface area contributed by atoms with Gasteiger partial charge in [-0.3, -0.25) is 4.79 Å². The molecule has 29 heavy (non-hydrogen) atoms. The highest BCUT2D eigenvalue weighted by Crippen LogP contribution is 2.20. The number of anilines is 1. The van der Waals surface area contributed by atoms with E-state index < -0.39 is 11.7 Å². The second-order valence-corrected chi connectivity index (χ2v) is 6.03. The van der Waals surface area contributed by atoms with E-state index >= 15 is 0 Å². The Kier molecular flexibility index (Phi) is 5.19. The topological polar surface area (TPSA) is 94.8 Å². The normalized spacial score (nSPS) is 10.5. The van der Waals surface area contributed by atoms with Gasteiger partial charge < -0.3 is 10.1 Å². The fourth-order valence-corrected chi connectivity index (χ4v) is 2.59. The molecule has 0 unspecified atom stereocenters. The van der Waals surface area contributed by atoms with E-state index in [-0.39, 0.29) is 11.3 Å². The number of benzene rings is 2. The van der Waals surface area contributed by atoms with Crippen LogP contribution in [0.25, 0.3) is 5.69 Å². The number of pyridine rings is 1. The average molecular weight is 390 g/mol. The van der Waals surface area contributed by atoms with Crippen molar-refractivity contribution in [1.82, 2.24) is 25.2 Å². The molecule has 0 aliphatic carbocycles. The van der Waals surface area contributed by atoms with Crippen molar-refractivity contribution >= 4 is 11.6 Å². The fourth-order valence-electron chi connectivity index (χ4n) is 2.59. The van der Waals surface area contributed by atoms with Crippen LogP contribution in [-0.2, 0) is 6.61 Å². The Balaban J connectivity index is 1.48. The molecular formula is C20H15FN6O2. The third kappa shape index (κ3) is 4.41. The molecule has 4 rings (SSSR count). The summed E-state index contributed by atoms with van der Waals surface area (Å²) in [5.74, 6) is -0.779. The first kappa shape index (κ1) is 18.2. The minimum absolute atomic E-state index is 0.00608. The standard InChI is InChI=1S/C20H15FN6O2/c21-17-7-6-16(27-13-23-25-26-27)11-18(17)24-20(28)15-8-9-22-19(10-15)29-12-14-4-2-1-3-5-14/h1-11,13H,12H2,(H,24,28). The number of tetrazole rings is 1. The fraction of sp³-hybridized carbons (Fsp3) is 0.0500. The van der Waals surface area contributed by atoms with Gasteiger partial charge in [-0.25, -0.2) is 14.1 Å². The van der Waals surface area contributed by atoms with Gasteiger partial charge in [0.2, 0.25) is 5.88 Å². The molecule has 1 amide bonds. The molecule has 2 aromatic heterocycles. The summed E-state index contributed by atoms with van der Waals surface area (Å²) < 4.78 is 21.2. The van der Waals surface area contributed by atoms with Crippen LogP contribution < -0.4 is 10.1 Å². The maximum Gasteiger partial charge on any atom is 0.255 e. The highest BCUT2D eigenvalue weighted by Gasteiger charge is 2.12. The van der Waals surface area contributed by atoms with Gasteiger partial charge in [-0.05, 0) is 40.3 Å². The lowest BCUT2D eigenvalue weighted by atomic mass is 10.2. The van der Waals surface area contributed by atoms with Crippen LogP contribution in [0.1, 0.15) is 15.9 Å². The zero-order chi connectivity index (χ0) is 20.1. The van der Waals surface area contributed by atoms with E-state index in [4.69, 9.17) is 4.74 Å². The Morgan fingerprint density at radius 2 is 1.97 bits per heavy atom. The molecule has 2 heterocycles. The quantitative estimate of drug-likeness (QED) is 0.544. The Bertz CT molecular complexity index is 1120. The van der Waals surface area contributed by atoms with E-state index in [1.807, 2.05) is 30.3 Å². The van der Waals surface area contributed by atoms with Crippen LogP contribution in [0.2, 0.25) is 0 Å². The maximum absolute atomic E-state index is 14.2. The van der Waals surface area contributed by atoms with E-state index in [0.29, 0.717) is 18.2 Å². The molecule has 9 heteroatoms. The number of ether oxygens (including phenoxy) is 1. The molecule has 2 aromatic carbocycles. The predicted molar refractivity (Wildman–Crippen MR) is 102 cm³/mol. The van der Waals surface area contributed by atoms with Gasteiger partial charge in [0.1, 0.15) is 18.8 Å². The van der Waals surface area contributed by atoms with Gasteiger partial charge in [0.25, 0.3) is 5.91 Å². The van der Waals surface area contributed by atoms with Crippen LogP contribution in [0.4, 0.5) is 10.1 Å². The Morgan fingerprint density at radius 3 is 2.76 bits per heavy atom. The largest absolute Gasteiger partial charge is 0.473 e. The van der Waals surface area contributed by atoms with E-state index in [1.165, 1.54) is 47.5 Å². The number of carbonyl (C=O) groups excluding carboxylic acids is 1. The van der Waals surface area contributed by atoms with Crippen molar-refractivity contribution in [3.63, 3.8) is 0 Å². The number of aromatic nitrogens is 5. The van der Waals surface area contributed by atoms with Crippen LogP contribution in [0.15, 0.2) is 73.2 Å². The van der Waals surface area contributed by atoms with Crippen LogP contribution >= 0.6 is 0 Å². The third-order valence-corrected chi connectivity index (χ3v) is 4.04. The molecule has 0 spiro atoms. The number of halogens is 1. The lowest BCUT2D eigenvalue weighted by Crippen LogP contribution is -2.14. The molecular weight excluding hydrogens is 375 g/mol. The number of nitrogens with one attached hydrogen (secondary N) is 1. The van der Waals surface area contributed by atoms with E-state index in [2.05, 4.69) is 25.8 Å². The first-order valence-corrected chi connectivity index (χ1v) is 8.66. The van der Waals surface area contributed by atoms with Gasteiger partial charge in [-0.2, -0.15) is 0 Å². The van der Waals surface area contributed by atoms with Gasteiger partial charge in [0.05, 0.1) is 11.4 Å². The third-order valence-electron chi connectivity index (χ3n) is 4.04. The summed E-state index contributed by atoms with van der Waals surface area (Å²) in [6.45, 7) is 0.321. The summed E-state index contributed by atoms with van der Waals surface area (Å²) in [6.07, 6.45) is 2.83. The van der Waals surface area contributed by atoms with Gasteiger partial charge in [0, 0.05) is 17.8 Å². The number of rotatable bonds is 6. The number of nitrogens with zero attached hydrogens (tertiary/aromatic N) is 5. The molecule has 8 nitrogen and oxygen atoms in total. The molecule has 1 N–H and O–H groups in total. The molecule has 144 valence electrons. The Hall–Kier alpha value is -4.14. The number of carbonyl (C=O) groups is 1. The van der Waals surface area contributed by atoms with Crippen LogP contribution in [0.5, 0.6) is 5.88 Å².